The number of rotatable bonds is 8. The predicted molar refractivity (Wildman–Crippen MR) is 77.1 cm³/mol. The van der Waals surface area contributed by atoms with Crippen LogP contribution in [0.2, 0.25) is 0 Å². The van der Waals surface area contributed by atoms with Crippen molar-refractivity contribution in [2.75, 3.05) is 19.8 Å². The maximum atomic E-state index is 9.86. The molecule has 19 heavy (non-hydrogen) atoms. The molecule has 1 fully saturated rings. The SMILES string of the molecule is Cc1ccccc1[C@@H](C)NCC(O)COCC1CC1. The number of hydrogen-bond acceptors (Lipinski definition) is 3. The van der Waals surface area contributed by atoms with E-state index < -0.39 is 6.10 Å². The van der Waals surface area contributed by atoms with E-state index in [1.165, 1.54) is 24.0 Å². The fourth-order valence-corrected chi connectivity index (χ4v) is 2.21. The van der Waals surface area contributed by atoms with Crippen molar-refractivity contribution >= 4 is 0 Å². The molecule has 0 radical (unpaired) electrons. The Morgan fingerprint density at radius 3 is 2.79 bits per heavy atom. The lowest BCUT2D eigenvalue weighted by Crippen LogP contribution is -2.32. The number of nitrogens with one attached hydrogen (secondary N) is 1. The number of benzene rings is 1. The van der Waals surface area contributed by atoms with Crippen molar-refractivity contribution in [3.05, 3.63) is 35.4 Å². The average Bonchev–Trinajstić information content (AvgIpc) is 3.20. The third-order valence-corrected chi connectivity index (χ3v) is 3.68. The smallest absolute Gasteiger partial charge is 0.0897 e. The fraction of sp³-hybridized carbons (Fsp3) is 0.625. The van der Waals surface area contributed by atoms with E-state index in [9.17, 15) is 5.11 Å². The molecule has 3 heteroatoms. The second-order valence-corrected chi connectivity index (χ2v) is 5.62. The van der Waals surface area contributed by atoms with Crippen molar-refractivity contribution in [3.8, 4) is 0 Å². The predicted octanol–water partition coefficient (Wildman–Crippen LogP) is 2.43. The molecule has 1 aromatic carbocycles. The van der Waals surface area contributed by atoms with Crippen LogP contribution in [0.1, 0.15) is 36.9 Å². The van der Waals surface area contributed by atoms with Crippen molar-refractivity contribution < 1.29 is 9.84 Å². The van der Waals surface area contributed by atoms with Crippen LogP contribution in [-0.4, -0.2) is 31.0 Å². The molecule has 0 aliphatic heterocycles. The zero-order chi connectivity index (χ0) is 13.7. The Bertz CT molecular complexity index is 390. The molecular weight excluding hydrogens is 238 g/mol. The highest BCUT2D eigenvalue weighted by atomic mass is 16.5. The number of aryl methyl sites for hydroxylation is 1. The summed E-state index contributed by atoms with van der Waals surface area (Å²) in [6.45, 7) is 6.05. The normalized spacial score (nSPS) is 18.3. The van der Waals surface area contributed by atoms with Gasteiger partial charge >= 0.3 is 0 Å². The number of ether oxygens (including phenoxy) is 1. The van der Waals surface area contributed by atoms with Gasteiger partial charge < -0.3 is 15.2 Å². The monoisotopic (exact) mass is 263 g/mol. The fourth-order valence-electron chi connectivity index (χ4n) is 2.21. The van der Waals surface area contributed by atoms with Crippen LogP contribution in [0.3, 0.4) is 0 Å². The Kier molecular flexibility index (Phi) is 5.37. The van der Waals surface area contributed by atoms with Gasteiger partial charge in [-0.25, -0.2) is 0 Å². The van der Waals surface area contributed by atoms with E-state index in [4.69, 9.17) is 4.74 Å². The highest BCUT2D eigenvalue weighted by Crippen LogP contribution is 2.28. The number of hydrogen-bond donors (Lipinski definition) is 2. The number of aliphatic hydroxyl groups is 1. The van der Waals surface area contributed by atoms with Gasteiger partial charge in [0.05, 0.1) is 12.7 Å². The number of aliphatic hydroxyl groups excluding tert-OH is 1. The van der Waals surface area contributed by atoms with Crippen molar-refractivity contribution in [3.63, 3.8) is 0 Å². The maximum Gasteiger partial charge on any atom is 0.0897 e. The Morgan fingerprint density at radius 1 is 1.37 bits per heavy atom. The van der Waals surface area contributed by atoms with E-state index in [1.54, 1.807) is 0 Å². The molecule has 1 aliphatic carbocycles. The minimum atomic E-state index is -0.426. The molecule has 0 amide bonds. The first-order chi connectivity index (χ1) is 9.16. The van der Waals surface area contributed by atoms with Gasteiger partial charge in [-0.3, -0.25) is 0 Å². The molecule has 3 nitrogen and oxygen atoms in total. The van der Waals surface area contributed by atoms with Crippen LogP contribution >= 0.6 is 0 Å². The first kappa shape index (κ1) is 14.5. The summed E-state index contributed by atoms with van der Waals surface area (Å²) < 4.78 is 5.49. The van der Waals surface area contributed by atoms with E-state index in [0.717, 1.165) is 12.5 Å². The lowest BCUT2D eigenvalue weighted by atomic mass is 10.0. The maximum absolute atomic E-state index is 9.86. The van der Waals surface area contributed by atoms with Crippen LogP contribution in [0.5, 0.6) is 0 Å². The van der Waals surface area contributed by atoms with Crippen LogP contribution < -0.4 is 5.32 Å². The molecule has 0 bridgehead atoms. The Labute approximate surface area is 116 Å². The summed E-state index contributed by atoms with van der Waals surface area (Å²) in [4.78, 5) is 0. The first-order valence-electron chi connectivity index (χ1n) is 7.21. The van der Waals surface area contributed by atoms with Crippen molar-refractivity contribution in [1.82, 2.24) is 5.32 Å². The summed E-state index contributed by atoms with van der Waals surface area (Å²) in [5.74, 6) is 0.756. The topological polar surface area (TPSA) is 41.5 Å². The first-order valence-corrected chi connectivity index (χ1v) is 7.21. The molecule has 0 aromatic heterocycles. The minimum absolute atomic E-state index is 0.249. The van der Waals surface area contributed by atoms with E-state index >= 15 is 0 Å². The quantitative estimate of drug-likeness (QED) is 0.757. The highest BCUT2D eigenvalue weighted by Gasteiger charge is 2.21. The van der Waals surface area contributed by atoms with Crippen molar-refractivity contribution in [1.29, 1.82) is 0 Å². The van der Waals surface area contributed by atoms with Gasteiger partial charge in [0.1, 0.15) is 0 Å². The zero-order valence-electron chi connectivity index (χ0n) is 11.9. The molecule has 0 saturated heterocycles. The summed E-state index contributed by atoms with van der Waals surface area (Å²) in [5.41, 5.74) is 2.57. The van der Waals surface area contributed by atoms with Gasteiger partial charge in [-0.15, -0.1) is 0 Å². The van der Waals surface area contributed by atoms with Crippen LogP contribution in [-0.2, 0) is 4.74 Å². The summed E-state index contributed by atoms with van der Waals surface area (Å²) in [6, 6.07) is 8.59. The molecule has 106 valence electrons. The largest absolute Gasteiger partial charge is 0.389 e. The zero-order valence-corrected chi connectivity index (χ0v) is 11.9. The van der Waals surface area contributed by atoms with Crippen LogP contribution in [0, 0.1) is 12.8 Å². The molecule has 1 saturated carbocycles. The van der Waals surface area contributed by atoms with Gasteiger partial charge in [0, 0.05) is 19.2 Å². The molecule has 2 N–H and O–H groups in total. The van der Waals surface area contributed by atoms with E-state index in [0.29, 0.717) is 13.2 Å². The Morgan fingerprint density at radius 2 is 2.11 bits per heavy atom. The Hall–Kier alpha value is -0.900. The van der Waals surface area contributed by atoms with Gasteiger partial charge in [0.25, 0.3) is 0 Å². The minimum Gasteiger partial charge on any atom is -0.389 e. The van der Waals surface area contributed by atoms with Crippen molar-refractivity contribution in [2.45, 2.75) is 38.8 Å². The summed E-state index contributed by atoms with van der Waals surface area (Å²) in [5, 5.41) is 13.2. The Balaban J connectivity index is 1.67. The van der Waals surface area contributed by atoms with Crippen LogP contribution in [0.25, 0.3) is 0 Å². The summed E-state index contributed by atoms with van der Waals surface area (Å²) in [7, 11) is 0. The van der Waals surface area contributed by atoms with Gasteiger partial charge in [0.2, 0.25) is 0 Å². The molecule has 0 heterocycles. The molecule has 0 spiro atoms. The molecule has 1 unspecified atom stereocenters. The van der Waals surface area contributed by atoms with Crippen LogP contribution in [0.15, 0.2) is 24.3 Å². The summed E-state index contributed by atoms with van der Waals surface area (Å²) in [6.07, 6.45) is 2.15. The lowest BCUT2D eigenvalue weighted by Gasteiger charge is -2.19. The van der Waals surface area contributed by atoms with Gasteiger partial charge in [0.15, 0.2) is 0 Å². The molecule has 2 atom stereocenters. The molecule has 1 aromatic rings. The average molecular weight is 263 g/mol. The van der Waals surface area contributed by atoms with Gasteiger partial charge in [-0.2, -0.15) is 0 Å². The van der Waals surface area contributed by atoms with Gasteiger partial charge in [-0.1, -0.05) is 24.3 Å². The highest BCUT2D eigenvalue weighted by molar-refractivity contribution is 5.28. The third-order valence-electron chi connectivity index (χ3n) is 3.68. The molecule has 1 aliphatic rings. The standard InChI is InChI=1S/C16H25NO2/c1-12-5-3-4-6-16(12)13(2)17-9-15(18)11-19-10-14-7-8-14/h3-6,13-15,17-18H,7-11H2,1-2H3/t13-,15?/m1/s1. The van der Waals surface area contributed by atoms with E-state index in [2.05, 4.69) is 37.4 Å². The molecular formula is C16H25NO2. The molecule has 2 rings (SSSR count). The summed E-state index contributed by atoms with van der Waals surface area (Å²) >= 11 is 0. The lowest BCUT2D eigenvalue weighted by molar-refractivity contribution is 0.0315. The van der Waals surface area contributed by atoms with Gasteiger partial charge in [-0.05, 0) is 43.7 Å². The van der Waals surface area contributed by atoms with E-state index in [1.807, 2.05) is 6.07 Å². The second-order valence-electron chi connectivity index (χ2n) is 5.62. The van der Waals surface area contributed by atoms with E-state index in [-0.39, 0.29) is 6.04 Å². The van der Waals surface area contributed by atoms with Crippen molar-refractivity contribution in [2.24, 2.45) is 5.92 Å². The van der Waals surface area contributed by atoms with Crippen LogP contribution in [0.4, 0.5) is 0 Å². The second kappa shape index (κ2) is 7.04. The third kappa shape index (κ3) is 4.94.